The van der Waals surface area contributed by atoms with Crippen molar-refractivity contribution in [2.24, 2.45) is 16.6 Å². The van der Waals surface area contributed by atoms with Crippen LogP contribution >= 0.6 is 24.0 Å². The van der Waals surface area contributed by atoms with Crippen LogP contribution in [0.4, 0.5) is 0 Å². The number of halogens is 1. The summed E-state index contributed by atoms with van der Waals surface area (Å²) in [5.74, 6) is 1.39. The van der Waals surface area contributed by atoms with Crippen LogP contribution in [-0.2, 0) is 4.74 Å². The van der Waals surface area contributed by atoms with E-state index in [1.165, 1.54) is 19.3 Å². The first-order valence-electron chi connectivity index (χ1n) is 8.31. The highest BCUT2D eigenvalue weighted by molar-refractivity contribution is 14.0. The van der Waals surface area contributed by atoms with E-state index in [-0.39, 0.29) is 41.7 Å². The molecule has 0 aromatic heterocycles. The van der Waals surface area contributed by atoms with Gasteiger partial charge in [-0.1, -0.05) is 6.42 Å². The van der Waals surface area contributed by atoms with E-state index in [2.05, 4.69) is 42.9 Å². The van der Waals surface area contributed by atoms with Crippen molar-refractivity contribution >= 4 is 29.9 Å². The fourth-order valence-corrected chi connectivity index (χ4v) is 3.05. The standard InChI is InChI=1S/C16H32N4O.HI/c1-12-9-20(10-13(2)21-12)16(3,4)11-19-15(17)18-8-14-6-5-7-14;/h12-14H,5-11H2,1-4H3,(H3,17,18,19);1H. The average Bonchev–Trinajstić information content (AvgIpc) is 2.33. The minimum atomic E-state index is 0. The van der Waals surface area contributed by atoms with Gasteiger partial charge in [-0.05, 0) is 46.5 Å². The van der Waals surface area contributed by atoms with Gasteiger partial charge in [0.2, 0.25) is 0 Å². The third kappa shape index (κ3) is 5.85. The summed E-state index contributed by atoms with van der Waals surface area (Å²) in [5, 5.41) is 3.26. The maximum absolute atomic E-state index is 5.99. The summed E-state index contributed by atoms with van der Waals surface area (Å²) >= 11 is 0. The van der Waals surface area contributed by atoms with Gasteiger partial charge in [-0.3, -0.25) is 9.89 Å². The summed E-state index contributed by atoms with van der Waals surface area (Å²) < 4.78 is 5.81. The molecule has 2 aliphatic rings. The Morgan fingerprint density at radius 3 is 2.36 bits per heavy atom. The van der Waals surface area contributed by atoms with Crippen LogP contribution in [0, 0.1) is 5.92 Å². The molecule has 0 radical (unpaired) electrons. The number of nitrogens with zero attached hydrogens (tertiary/aromatic N) is 2. The molecule has 1 saturated carbocycles. The zero-order valence-electron chi connectivity index (χ0n) is 14.5. The summed E-state index contributed by atoms with van der Waals surface area (Å²) in [6.07, 6.45) is 4.59. The second-order valence-corrected chi connectivity index (χ2v) is 7.35. The molecule has 2 unspecified atom stereocenters. The maximum Gasteiger partial charge on any atom is 0.188 e. The van der Waals surface area contributed by atoms with Gasteiger partial charge in [-0.2, -0.15) is 0 Å². The van der Waals surface area contributed by atoms with Crippen LogP contribution in [0.25, 0.3) is 0 Å². The molecule has 6 heteroatoms. The van der Waals surface area contributed by atoms with Crippen molar-refractivity contribution < 1.29 is 4.74 Å². The van der Waals surface area contributed by atoms with Crippen LogP contribution in [0.1, 0.15) is 47.0 Å². The van der Waals surface area contributed by atoms with Gasteiger partial charge in [0.25, 0.3) is 0 Å². The molecule has 1 saturated heterocycles. The largest absolute Gasteiger partial charge is 0.373 e. The van der Waals surface area contributed by atoms with Gasteiger partial charge in [0, 0.05) is 25.2 Å². The number of morpholine rings is 1. The molecule has 1 aliphatic carbocycles. The molecule has 0 amide bonds. The van der Waals surface area contributed by atoms with E-state index in [1.54, 1.807) is 0 Å². The fourth-order valence-electron chi connectivity index (χ4n) is 3.05. The lowest BCUT2D eigenvalue weighted by molar-refractivity contribution is -0.0939. The molecule has 2 rings (SSSR count). The van der Waals surface area contributed by atoms with E-state index in [1.807, 2.05) is 0 Å². The number of nitrogens with two attached hydrogens (primary N) is 1. The summed E-state index contributed by atoms with van der Waals surface area (Å²) in [6.45, 7) is 12.4. The Morgan fingerprint density at radius 2 is 1.86 bits per heavy atom. The highest BCUT2D eigenvalue weighted by atomic mass is 127. The zero-order valence-corrected chi connectivity index (χ0v) is 16.8. The SMILES string of the molecule is CC1CN(C(C)(C)CN=C(N)NCC2CCC2)CC(C)O1.I. The number of hydrogen-bond acceptors (Lipinski definition) is 3. The van der Waals surface area contributed by atoms with E-state index in [9.17, 15) is 0 Å². The van der Waals surface area contributed by atoms with Crippen molar-refractivity contribution in [3.8, 4) is 0 Å². The first-order chi connectivity index (χ1) is 9.87. The van der Waals surface area contributed by atoms with E-state index < -0.39 is 0 Å². The smallest absolute Gasteiger partial charge is 0.188 e. The topological polar surface area (TPSA) is 62.9 Å². The van der Waals surface area contributed by atoms with Gasteiger partial charge in [0.15, 0.2) is 5.96 Å². The normalized spacial score (nSPS) is 27.9. The molecule has 0 aromatic rings. The number of ether oxygens (including phenoxy) is 1. The van der Waals surface area contributed by atoms with Crippen LogP contribution in [-0.4, -0.2) is 54.8 Å². The molecule has 3 N–H and O–H groups in total. The van der Waals surface area contributed by atoms with Gasteiger partial charge in [-0.15, -0.1) is 24.0 Å². The lowest BCUT2D eigenvalue weighted by Crippen LogP contribution is -2.56. The Morgan fingerprint density at radius 1 is 1.27 bits per heavy atom. The van der Waals surface area contributed by atoms with Gasteiger partial charge < -0.3 is 15.8 Å². The van der Waals surface area contributed by atoms with E-state index in [0.717, 1.165) is 32.1 Å². The Kier molecular flexibility index (Phi) is 7.88. The molecule has 130 valence electrons. The predicted octanol–water partition coefficient (Wildman–Crippen LogP) is 2.20. The first kappa shape index (κ1) is 20.0. The van der Waals surface area contributed by atoms with Crippen LogP contribution < -0.4 is 11.1 Å². The predicted molar refractivity (Wildman–Crippen MR) is 103 cm³/mol. The summed E-state index contributed by atoms with van der Waals surface area (Å²) in [4.78, 5) is 7.02. The quantitative estimate of drug-likeness (QED) is 0.404. The molecule has 1 heterocycles. The number of rotatable bonds is 5. The summed E-state index contributed by atoms with van der Waals surface area (Å²) in [5.41, 5.74) is 6.00. The van der Waals surface area contributed by atoms with Crippen LogP contribution in [0.15, 0.2) is 4.99 Å². The van der Waals surface area contributed by atoms with E-state index >= 15 is 0 Å². The molecule has 1 aliphatic heterocycles. The zero-order chi connectivity index (χ0) is 15.5. The fraction of sp³-hybridized carbons (Fsp3) is 0.938. The molecule has 0 spiro atoms. The van der Waals surface area contributed by atoms with Crippen molar-refractivity contribution in [1.82, 2.24) is 10.2 Å². The number of guanidine groups is 1. The second-order valence-electron chi connectivity index (χ2n) is 7.35. The van der Waals surface area contributed by atoms with E-state index in [4.69, 9.17) is 10.5 Å². The van der Waals surface area contributed by atoms with Crippen molar-refractivity contribution in [3.63, 3.8) is 0 Å². The molecule has 22 heavy (non-hydrogen) atoms. The number of aliphatic imine (C=N–C) groups is 1. The molecule has 2 fully saturated rings. The highest BCUT2D eigenvalue weighted by Gasteiger charge is 2.33. The van der Waals surface area contributed by atoms with Crippen molar-refractivity contribution in [3.05, 3.63) is 0 Å². The minimum absolute atomic E-state index is 0. The molecular formula is C16H33IN4O. The minimum Gasteiger partial charge on any atom is -0.373 e. The van der Waals surface area contributed by atoms with Gasteiger partial charge in [0.1, 0.15) is 0 Å². The monoisotopic (exact) mass is 424 g/mol. The molecule has 0 aromatic carbocycles. The van der Waals surface area contributed by atoms with E-state index in [0.29, 0.717) is 5.96 Å². The van der Waals surface area contributed by atoms with Crippen LogP contribution in [0.5, 0.6) is 0 Å². The molecule has 2 atom stereocenters. The summed E-state index contributed by atoms with van der Waals surface area (Å²) in [7, 11) is 0. The first-order valence-corrected chi connectivity index (χ1v) is 8.31. The van der Waals surface area contributed by atoms with Crippen molar-refractivity contribution in [2.45, 2.75) is 64.7 Å². The summed E-state index contributed by atoms with van der Waals surface area (Å²) in [6, 6.07) is 0. The van der Waals surface area contributed by atoms with Gasteiger partial charge in [0.05, 0.1) is 18.8 Å². The highest BCUT2D eigenvalue weighted by Crippen LogP contribution is 2.25. The average molecular weight is 424 g/mol. The van der Waals surface area contributed by atoms with Crippen molar-refractivity contribution in [2.75, 3.05) is 26.2 Å². The lowest BCUT2D eigenvalue weighted by Gasteiger charge is -2.44. The third-order valence-electron chi connectivity index (χ3n) is 4.71. The van der Waals surface area contributed by atoms with Gasteiger partial charge in [-0.25, -0.2) is 0 Å². The van der Waals surface area contributed by atoms with Crippen LogP contribution in [0.3, 0.4) is 0 Å². The third-order valence-corrected chi connectivity index (χ3v) is 4.71. The number of nitrogens with one attached hydrogen (secondary N) is 1. The lowest BCUT2D eigenvalue weighted by atomic mass is 9.85. The number of hydrogen-bond donors (Lipinski definition) is 2. The van der Waals surface area contributed by atoms with Crippen LogP contribution in [0.2, 0.25) is 0 Å². The van der Waals surface area contributed by atoms with Crippen molar-refractivity contribution in [1.29, 1.82) is 0 Å². The Labute approximate surface area is 152 Å². The van der Waals surface area contributed by atoms with Gasteiger partial charge >= 0.3 is 0 Å². The molecular weight excluding hydrogens is 391 g/mol. The maximum atomic E-state index is 5.99. The molecule has 5 nitrogen and oxygen atoms in total. The molecule has 0 bridgehead atoms. The Hall–Kier alpha value is -0.0800. The Balaban J connectivity index is 0.00000242. The second kappa shape index (κ2) is 8.68. The Bertz CT molecular complexity index is 361.